The zero-order chi connectivity index (χ0) is 24.2. The zero-order valence-electron chi connectivity index (χ0n) is 17.1. The van der Waals surface area contributed by atoms with Gasteiger partial charge in [0.2, 0.25) is 0 Å². The molecule has 170 valence electrons. The van der Waals surface area contributed by atoms with Gasteiger partial charge in [0.05, 0.1) is 16.7 Å². The fourth-order valence-corrected chi connectivity index (χ4v) is 3.18. The molecule has 0 aliphatic heterocycles. The molecule has 0 saturated heterocycles. The van der Waals surface area contributed by atoms with Crippen LogP contribution in [0.15, 0.2) is 66.7 Å². The van der Waals surface area contributed by atoms with Crippen molar-refractivity contribution in [3.8, 4) is 29.1 Å². The SMILES string of the molecule is CC(Oc1cccc(Oc2ccc(C(F)(F)F)cc2Cl)c1)C(=O)C(C#N)c1ccc(O)cc1. The maximum absolute atomic E-state index is 12.8. The number of phenolic OH excluding ortho intramolecular Hbond substituents is 1. The lowest BCUT2D eigenvalue weighted by Crippen LogP contribution is -2.28. The number of benzene rings is 3. The van der Waals surface area contributed by atoms with E-state index in [1.54, 1.807) is 18.2 Å². The van der Waals surface area contributed by atoms with E-state index >= 15 is 0 Å². The van der Waals surface area contributed by atoms with Gasteiger partial charge in [-0.2, -0.15) is 18.4 Å². The minimum absolute atomic E-state index is 0.0113. The summed E-state index contributed by atoms with van der Waals surface area (Å²) >= 11 is 5.92. The lowest BCUT2D eigenvalue weighted by atomic mass is 9.93. The van der Waals surface area contributed by atoms with Crippen LogP contribution < -0.4 is 9.47 Å². The van der Waals surface area contributed by atoms with E-state index in [0.717, 1.165) is 18.2 Å². The standard InChI is InChI=1S/C24H17ClF3NO4/c1-14(23(31)20(13-29)15-5-8-17(30)9-6-15)32-18-3-2-4-19(12-18)33-22-10-7-16(11-21(22)25)24(26,27)28/h2-12,14,20,30H,1H3. The Balaban J connectivity index is 1.72. The molecular formula is C24H17ClF3NO4. The lowest BCUT2D eigenvalue weighted by molar-refractivity contribution is -0.137. The number of carbonyl (C=O) groups is 1. The number of hydrogen-bond donors (Lipinski definition) is 1. The average Bonchev–Trinajstić information content (AvgIpc) is 2.76. The number of halogens is 4. The van der Waals surface area contributed by atoms with Crippen LogP contribution in [0.2, 0.25) is 5.02 Å². The van der Waals surface area contributed by atoms with Crippen LogP contribution in [0.1, 0.15) is 24.0 Å². The summed E-state index contributed by atoms with van der Waals surface area (Å²) < 4.78 is 49.6. The summed E-state index contributed by atoms with van der Waals surface area (Å²) in [5.74, 6) is -1.07. The van der Waals surface area contributed by atoms with Crippen molar-refractivity contribution in [1.82, 2.24) is 0 Å². The smallest absolute Gasteiger partial charge is 0.416 e. The van der Waals surface area contributed by atoms with E-state index in [0.29, 0.717) is 5.56 Å². The van der Waals surface area contributed by atoms with Gasteiger partial charge in [-0.15, -0.1) is 0 Å². The first kappa shape index (κ1) is 24.0. The molecule has 0 fully saturated rings. The van der Waals surface area contributed by atoms with Crippen LogP contribution in [0.25, 0.3) is 0 Å². The highest BCUT2D eigenvalue weighted by Crippen LogP contribution is 2.37. The van der Waals surface area contributed by atoms with Crippen LogP contribution in [0, 0.1) is 11.3 Å². The van der Waals surface area contributed by atoms with Crippen LogP contribution in [0.5, 0.6) is 23.0 Å². The van der Waals surface area contributed by atoms with Crippen molar-refractivity contribution in [3.05, 3.63) is 82.9 Å². The molecule has 0 heterocycles. The Morgan fingerprint density at radius 3 is 2.33 bits per heavy atom. The Morgan fingerprint density at radius 1 is 1.06 bits per heavy atom. The Kier molecular flexibility index (Phi) is 7.14. The van der Waals surface area contributed by atoms with E-state index in [9.17, 15) is 28.3 Å². The molecule has 0 bridgehead atoms. The minimum atomic E-state index is -4.53. The third-order valence-corrected chi connectivity index (χ3v) is 4.94. The third kappa shape index (κ3) is 5.96. The van der Waals surface area contributed by atoms with Gasteiger partial charge in [-0.05, 0) is 55.0 Å². The summed E-state index contributed by atoms with van der Waals surface area (Å²) in [6.45, 7) is 1.49. The largest absolute Gasteiger partial charge is 0.508 e. The van der Waals surface area contributed by atoms with Crippen molar-refractivity contribution < 1.29 is 32.5 Å². The van der Waals surface area contributed by atoms with Crippen molar-refractivity contribution in [3.63, 3.8) is 0 Å². The number of phenols is 1. The molecule has 0 aliphatic carbocycles. The van der Waals surface area contributed by atoms with Crippen molar-refractivity contribution in [2.45, 2.75) is 25.1 Å². The molecule has 0 amide bonds. The van der Waals surface area contributed by atoms with Gasteiger partial charge in [-0.3, -0.25) is 4.79 Å². The van der Waals surface area contributed by atoms with Gasteiger partial charge in [0.1, 0.15) is 28.9 Å². The highest BCUT2D eigenvalue weighted by Gasteiger charge is 2.31. The molecule has 2 unspecified atom stereocenters. The number of aromatic hydroxyl groups is 1. The Morgan fingerprint density at radius 2 is 1.73 bits per heavy atom. The lowest BCUT2D eigenvalue weighted by Gasteiger charge is -2.17. The summed E-state index contributed by atoms with van der Waals surface area (Å²) in [5, 5.41) is 18.6. The number of carbonyl (C=O) groups excluding carboxylic acids is 1. The molecule has 33 heavy (non-hydrogen) atoms. The molecular weight excluding hydrogens is 459 g/mol. The van der Waals surface area contributed by atoms with Crippen molar-refractivity contribution in [1.29, 1.82) is 5.26 Å². The first-order valence-corrected chi connectivity index (χ1v) is 10.00. The van der Waals surface area contributed by atoms with Gasteiger partial charge in [0, 0.05) is 6.07 Å². The topological polar surface area (TPSA) is 79.5 Å². The maximum Gasteiger partial charge on any atom is 0.416 e. The van der Waals surface area contributed by atoms with E-state index in [2.05, 4.69) is 0 Å². The molecule has 3 aromatic carbocycles. The number of nitriles is 1. The molecule has 5 nitrogen and oxygen atoms in total. The number of Topliss-reactive ketones (excluding diaryl/α,β-unsaturated/α-hetero) is 1. The maximum atomic E-state index is 12.8. The van der Waals surface area contributed by atoms with Crippen molar-refractivity contribution in [2.24, 2.45) is 0 Å². The predicted octanol–water partition coefficient (Wildman–Crippen LogP) is 6.50. The number of nitrogens with zero attached hydrogens (tertiary/aromatic N) is 1. The summed E-state index contributed by atoms with van der Waals surface area (Å²) in [6.07, 6.45) is -5.52. The zero-order valence-corrected chi connectivity index (χ0v) is 17.9. The van der Waals surface area contributed by atoms with Crippen LogP contribution in [-0.4, -0.2) is 17.0 Å². The predicted molar refractivity (Wildman–Crippen MR) is 115 cm³/mol. The van der Waals surface area contributed by atoms with Gasteiger partial charge in [0.25, 0.3) is 0 Å². The van der Waals surface area contributed by atoms with Crippen LogP contribution in [0.3, 0.4) is 0 Å². The van der Waals surface area contributed by atoms with E-state index in [4.69, 9.17) is 21.1 Å². The summed E-state index contributed by atoms with van der Waals surface area (Å²) in [7, 11) is 0. The minimum Gasteiger partial charge on any atom is -0.508 e. The Hall–Kier alpha value is -3.70. The normalized spacial score (nSPS) is 13.0. The summed E-state index contributed by atoms with van der Waals surface area (Å²) in [4.78, 5) is 12.7. The second-order valence-electron chi connectivity index (χ2n) is 7.04. The first-order chi connectivity index (χ1) is 15.6. The van der Waals surface area contributed by atoms with Crippen LogP contribution in [-0.2, 0) is 11.0 Å². The van der Waals surface area contributed by atoms with E-state index in [1.165, 1.54) is 37.3 Å². The highest BCUT2D eigenvalue weighted by molar-refractivity contribution is 6.32. The Labute approximate surface area is 192 Å². The van der Waals surface area contributed by atoms with E-state index in [1.807, 2.05) is 6.07 Å². The van der Waals surface area contributed by atoms with Gasteiger partial charge in [-0.1, -0.05) is 29.8 Å². The van der Waals surface area contributed by atoms with Crippen LogP contribution in [0.4, 0.5) is 13.2 Å². The van der Waals surface area contributed by atoms with E-state index < -0.39 is 29.5 Å². The second-order valence-corrected chi connectivity index (χ2v) is 7.44. The molecule has 0 radical (unpaired) electrons. The molecule has 1 N–H and O–H groups in total. The molecule has 3 aromatic rings. The number of rotatable bonds is 7. The van der Waals surface area contributed by atoms with Gasteiger partial charge >= 0.3 is 6.18 Å². The highest BCUT2D eigenvalue weighted by atomic mass is 35.5. The number of ketones is 1. The second kappa shape index (κ2) is 9.84. The first-order valence-electron chi connectivity index (χ1n) is 9.62. The number of alkyl halides is 3. The molecule has 9 heteroatoms. The van der Waals surface area contributed by atoms with Crippen LogP contribution >= 0.6 is 11.6 Å². The molecule has 0 saturated carbocycles. The fraction of sp³-hybridized carbons (Fsp3) is 0.167. The van der Waals surface area contributed by atoms with Crippen molar-refractivity contribution >= 4 is 17.4 Å². The van der Waals surface area contributed by atoms with Gasteiger partial charge < -0.3 is 14.6 Å². The molecule has 2 atom stereocenters. The monoisotopic (exact) mass is 475 g/mol. The van der Waals surface area contributed by atoms with E-state index in [-0.39, 0.29) is 28.0 Å². The average molecular weight is 476 g/mol. The number of hydrogen-bond acceptors (Lipinski definition) is 5. The van der Waals surface area contributed by atoms with Gasteiger partial charge in [0.15, 0.2) is 11.9 Å². The molecule has 0 aliphatic rings. The molecule has 0 aromatic heterocycles. The molecule has 3 rings (SSSR count). The quantitative estimate of drug-likeness (QED) is 0.422. The summed E-state index contributed by atoms with van der Waals surface area (Å²) in [6, 6.07) is 16.5. The summed E-state index contributed by atoms with van der Waals surface area (Å²) in [5.41, 5.74) is -0.477. The third-order valence-electron chi connectivity index (χ3n) is 4.65. The Bertz CT molecular complexity index is 1190. The van der Waals surface area contributed by atoms with Crippen molar-refractivity contribution in [2.75, 3.05) is 0 Å². The van der Waals surface area contributed by atoms with Gasteiger partial charge in [-0.25, -0.2) is 0 Å². The fourth-order valence-electron chi connectivity index (χ4n) is 2.96. The number of ether oxygens (including phenoxy) is 2. The molecule has 0 spiro atoms.